The molecule has 1 aromatic rings. The second kappa shape index (κ2) is 5.94. The number of amides is 2. The van der Waals surface area contributed by atoms with Crippen LogP contribution in [-0.4, -0.2) is 39.0 Å². The van der Waals surface area contributed by atoms with Crippen molar-refractivity contribution in [1.82, 2.24) is 20.4 Å². The van der Waals surface area contributed by atoms with Crippen molar-refractivity contribution >= 4 is 12.0 Å². The molecule has 7 heteroatoms. The van der Waals surface area contributed by atoms with E-state index in [1.807, 2.05) is 13.2 Å². The molecule has 0 aliphatic heterocycles. The van der Waals surface area contributed by atoms with Crippen molar-refractivity contribution in [3.05, 3.63) is 18.0 Å². The predicted octanol–water partition coefficient (Wildman–Crippen LogP) is 0.659. The van der Waals surface area contributed by atoms with E-state index in [-0.39, 0.29) is 12.5 Å². The second-order valence-electron chi connectivity index (χ2n) is 5.36. The number of aryl methyl sites for hydroxylation is 1. The maximum Gasteiger partial charge on any atom is 0.315 e. The summed E-state index contributed by atoms with van der Waals surface area (Å²) in [6.07, 6.45) is 6.78. The summed E-state index contributed by atoms with van der Waals surface area (Å²) in [5.41, 5.74) is 0.501. The third kappa shape index (κ3) is 3.72. The van der Waals surface area contributed by atoms with Crippen molar-refractivity contribution < 1.29 is 14.7 Å². The molecule has 2 rings (SSSR count). The lowest BCUT2D eigenvalue weighted by atomic mass is 9.74. The zero-order valence-corrected chi connectivity index (χ0v) is 11.6. The van der Waals surface area contributed by atoms with Gasteiger partial charge in [-0.2, -0.15) is 5.10 Å². The standard InChI is InChI=1S/C13H20N4O3/c1-17-9-10(8-15-17)3-6-14-12(20)16-13(4-2-5-13)7-11(18)19/h8-9H,2-7H2,1H3,(H,18,19)(H2,14,16,20). The van der Waals surface area contributed by atoms with Crippen molar-refractivity contribution in [2.45, 2.75) is 37.6 Å². The van der Waals surface area contributed by atoms with Crippen LogP contribution in [0.4, 0.5) is 4.79 Å². The van der Waals surface area contributed by atoms with Gasteiger partial charge in [0, 0.05) is 19.8 Å². The van der Waals surface area contributed by atoms with E-state index in [0.717, 1.165) is 24.8 Å². The molecule has 3 N–H and O–H groups in total. The minimum atomic E-state index is -0.875. The molecule has 1 saturated carbocycles. The molecule has 1 aromatic heterocycles. The number of urea groups is 1. The van der Waals surface area contributed by atoms with Crippen LogP contribution in [0.15, 0.2) is 12.4 Å². The van der Waals surface area contributed by atoms with E-state index < -0.39 is 11.5 Å². The Morgan fingerprint density at radius 2 is 2.25 bits per heavy atom. The molecule has 0 atom stereocenters. The summed E-state index contributed by atoms with van der Waals surface area (Å²) in [5, 5.41) is 18.5. The smallest absolute Gasteiger partial charge is 0.315 e. The van der Waals surface area contributed by atoms with Crippen LogP contribution < -0.4 is 10.6 Å². The fourth-order valence-electron chi connectivity index (χ4n) is 2.45. The minimum absolute atomic E-state index is 0.0109. The quantitative estimate of drug-likeness (QED) is 0.713. The molecule has 2 amide bonds. The van der Waals surface area contributed by atoms with E-state index >= 15 is 0 Å². The number of nitrogens with one attached hydrogen (secondary N) is 2. The Bertz CT molecular complexity index is 494. The van der Waals surface area contributed by atoms with E-state index in [1.54, 1.807) is 10.9 Å². The van der Waals surface area contributed by atoms with Gasteiger partial charge in [-0.3, -0.25) is 9.48 Å². The molecule has 0 saturated heterocycles. The number of aromatic nitrogens is 2. The van der Waals surface area contributed by atoms with E-state index in [0.29, 0.717) is 13.0 Å². The van der Waals surface area contributed by atoms with Crippen LogP contribution in [-0.2, 0) is 18.3 Å². The van der Waals surface area contributed by atoms with Crippen LogP contribution in [0.3, 0.4) is 0 Å². The molecule has 0 unspecified atom stereocenters. The van der Waals surface area contributed by atoms with E-state index in [4.69, 9.17) is 5.11 Å². The maximum absolute atomic E-state index is 11.8. The molecule has 7 nitrogen and oxygen atoms in total. The number of carboxylic acids is 1. The average Bonchev–Trinajstić information content (AvgIpc) is 2.71. The van der Waals surface area contributed by atoms with Crippen LogP contribution in [0.1, 0.15) is 31.2 Å². The van der Waals surface area contributed by atoms with Crippen molar-refractivity contribution in [2.75, 3.05) is 6.54 Å². The maximum atomic E-state index is 11.8. The predicted molar refractivity (Wildman–Crippen MR) is 72.3 cm³/mol. The number of rotatable bonds is 6. The van der Waals surface area contributed by atoms with Gasteiger partial charge in [-0.1, -0.05) is 0 Å². The number of carbonyl (C=O) groups is 2. The molecular weight excluding hydrogens is 260 g/mol. The van der Waals surface area contributed by atoms with Crippen molar-refractivity contribution in [1.29, 1.82) is 0 Å². The van der Waals surface area contributed by atoms with E-state index in [1.165, 1.54) is 0 Å². The largest absolute Gasteiger partial charge is 0.481 e. The first-order chi connectivity index (χ1) is 9.49. The van der Waals surface area contributed by atoms with Crippen molar-refractivity contribution in [3.63, 3.8) is 0 Å². The summed E-state index contributed by atoms with van der Waals surface area (Å²) < 4.78 is 1.71. The summed E-state index contributed by atoms with van der Waals surface area (Å²) >= 11 is 0. The molecule has 110 valence electrons. The highest BCUT2D eigenvalue weighted by atomic mass is 16.4. The summed E-state index contributed by atoms with van der Waals surface area (Å²) in [7, 11) is 1.84. The first-order valence-electron chi connectivity index (χ1n) is 6.74. The Balaban J connectivity index is 1.73. The SMILES string of the molecule is Cn1cc(CCNC(=O)NC2(CC(=O)O)CCC2)cn1. The summed E-state index contributed by atoms with van der Waals surface area (Å²) in [6.45, 7) is 0.501. The molecule has 1 fully saturated rings. The third-order valence-corrected chi connectivity index (χ3v) is 3.64. The molecule has 1 heterocycles. The number of nitrogens with zero attached hydrogens (tertiary/aromatic N) is 2. The van der Waals surface area contributed by atoms with Gasteiger partial charge in [0.1, 0.15) is 0 Å². The second-order valence-corrected chi connectivity index (χ2v) is 5.36. The van der Waals surface area contributed by atoms with Crippen LogP contribution >= 0.6 is 0 Å². The van der Waals surface area contributed by atoms with Gasteiger partial charge < -0.3 is 15.7 Å². The fraction of sp³-hybridized carbons (Fsp3) is 0.615. The average molecular weight is 280 g/mol. The Hall–Kier alpha value is -2.05. The van der Waals surface area contributed by atoms with Gasteiger partial charge in [0.2, 0.25) is 0 Å². The summed E-state index contributed by atoms with van der Waals surface area (Å²) in [4.78, 5) is 22.6. The Morgan fingerprint density at radius 3 is 2.75 bits per heavy atom. The number of carboxylic acid groups (broad SMARTS) is 1. The fourth-order valence-corrected chi connectivity index (χ4v) is 2.45. The number of hydrogen-bond acceptors (Lipinski definition) is 3. The number of hydrogen-bond donors (Lipinski definition) is 3. The van der Waals surface area contributed by atoms with Gasteiger partial charge in [0.15, 0.2) is 0 Å². The first kappa shape index (κ1) is 14.4. The molecule has 0 radical (unpaired) electrons. The molecular formula is C13H20N4O3. The lowest BCUT2D eigenvalue weighted by Gasteiger charge is -2.41. The van der Waals surface area contributed by atoms with E-state index in [2.05, 4.69) is 15.7 Å². The molecule has 1 aliphatic rings. The highest BCUT2D eigenvalue weighted by Gasteiger charge is 2.40. The molecule has 0 aromatic carbocycles. The van der Waals surface area contributed by atoms with Crippen molar-refractivity contribution in [3.8, 4) is 0 Å². The first-order valence-corrected chi connectivity index (χ1v) is 6.74. The van der Waals surface area contributed by atoms with Crippen molar-refractivity contribution in [2.24, 2.45) is 7.05 Å². The molecule has 1 aliphatic carbocycles. The molecule has 0 bridgehead atoms. The van der Waals surface area contributed by atoms with Crippen LogP contribution in [0.25, 0.3) is 0 Å². The third-order valence-electron chi connectivity index (χ3n) is 3.64. The highest BCUT2D eigenvalue weighted by Crippen LogP contribution is 2.34. The summed E-state index contributed by atoms with van der Waals surface area (Å²) in [5.74, 6) is -0.875. The van der Waals surface area contributed by atoms with Gasteiger partial charge >= 0.3 is 12.0 Å². The van der Waals surface area contributed by atoms with Crippen LogP contribution in [0.2, 0.25) is 0 Å². The normalized spacial score (nSPS) is 16.2. The van der Waals surface area contributed by atoms with Crippen LogP contribution in [0.5, 0.6) is 0 Å². The van der Waals surface area contributed by atoms with Gasteiger partial charge in [-0.15, -0.1) is 0 Å². The zero-order chi connectivity index (χ0) is 14.6. The van der Waals surface area contributed by atoms with Gasteiger partial charge in [0.05, 0.1) is 18.2 Å². The summed E-state index contributed by atoms with van der Waals surface area (Å²) in [6, 6.07) is -0.296. The highest BCUT2D eigenvalue weighted by molar-refractivity contribution is 5.77. The monoisotopic (exact) mass is 280 g/mol. The van der Waals surface area contributed by atoms with E-state index in [9.17, 15) is 9.59 Å². The molecule has 20 heavy (non-hydrogen) atoms. The minimum Gasteiger partial charge on any atom is -0.481 e. The Morgan fingerprint density at radius 1 is 1.50 bits per heavy atom. The zero-order valence-electron chi connectivity index (χ0n) is 11.6. The topological polar surface area (TPSA) is 96.2 Å². The number of aliphatic carboxylic acids is 1. The number of carbonyl (C=O) groups excluding carboxylic acids is 1. The lowest BCUT2D eigenvalue weighted by Crippen LogP contribution is -2.57. The Labute approximate surface area is 117 Å². The Kier molecular flexibility index (Phi) is 4.26. The molecule has 0 spiro atoms. The lowest BCUT2D eigenvalue weighted by molar-refractivity contribution is -0.139. The van der Waals surface area contributed by atoms with Crippen LogP contribution in [0, 0.1) is 0 Å². The van der Waals surface area contributed by atoms with Gasteiger partial charge in [-0.05, 0) is 31.2 Å². The van der Waals surface area contributed by atoms with Gasteiger partial charge in [-0.25, -0.2) is 4.79 Å². The van der Waals surface area contributed by atoms with Gasteiger partial charge in [0.25, 0.3) is 0 Å².